The molecule has 0 fully saturated rings. The van der Waals surface area contributed by atoms with Gasteiger partial charge in [-0.25, -0.2) is 0 Å². The van der Waals surface area contributed by atoms with Crippen LogP contribution in [0.3, 0.4) is 0 Å². The van der Waals surface area contributed by atoms with Crippen LogP contribution < -0.4 is 5.32 Å². The van der Waals surface area contributed by atoms with Gasteiger partial charge in [-0.15, -0.1) is 0 Å². The zero-order valence-electron chi connectivity index (χ0n) is 11.0. The maximum atomic E-state index is 12.0. The van der Waals surface area contributed by atoms with Gasteiger partial charge in [0.1, 0.15) is 0 Å². The molecular formula is C15H20F3N. The van der Waals surface area contributed by atoms with E-state index in [-0.39, 0.29) is 6.42 Å². The van der Waals surface area contributed by atoms with Crippen LogP contribution in [0.25, 0.3) is 0 Å². The van der Waals surface area contributed by atoms with Crippen LogP contribution in [-0.4, -0.2) is 18.8 Å². The molecule has 1 aromatic carbocycles. The highest BCUT2D eigenvalue weighted by molar-refractivity contribution is 5.30. The number of hydrogen-bond donors (Lipinski definition) is 1. The molecule has 1 atom stereocenters. The number of nitrogens with one attached hydrogen (secondary N) is 1. The minimum absolute atomic E-state index is 0.222. The average Bonchev–Trinajstić information content (AvgIpc) is 2.37. The fraction of sp³-hybridized carbons (Fsp3) is 0.600. The summed E-state index contributed by atoms with van der Waals surface area (Å²) in [5.41, 5.74) is 2.79. The monoisotopic (exact) mass is 271 g/mol. The number of rotatable bonds is 5. The molecule has 1 aromatic rings. The highest BCUT2D eigenvalue weighted by Crippen LogP contribution is 2.23. The second-order valence-electron chi connectivity index (χ2n) is 5.23. The van der Waals surface area contributed by atoms with E-state index in [1.807, 2.05) is 6.07 Å². The van der Waals surface area contributed by atoms with Crippen molar-refractivity contribution in [2.75, 3.05) is 6.54 Å². The van der Waals surface area contributed by atoms with E-state index in [9.17, 15) is 13.2 Å². The molecule has 1 N–H and O–H groups in total. The van der Waals surface area contributed by atoms with Crippen LogP contribution in [0.15, 0.2) is 24.3 Å². The van der Waals surface area contributed by atoms with Gasteiger partial charge in [0.15, 0.2) is 0 Å². The molecule has 1 aliphatic carbocycles. The van der Waals surface area contributed by atoms with Gasteiger partial charge in [-0.3, -0.25) is 0 Å². The second kappa shape index (κ2) is 6.42. The maximum Gasteiger partial charge on any atom is 0.389 e. The smallest absolute Gasteiger partial charge is 0.314 e. The normalized spacial score (nSPS) is 19.2. The number of aryl methyl sites for hydroxylation is 1. The molecule has 0 spiro atoms. The zero-order valence-corrected chi connectivity index (χ0v) is 11.0. The summed E-state index contributed by atoms with van der Waals surface area (Å²) in [5, 5.41) is 3.38. The van der Waals surface area contributed by atoms with Crippen LogP contribution in [0.5, 0.6) is 0 Å². The van der Waals surface area contributed by atoms with E-state index in [1.54, 1.807) is 0 Å². The molecule has 1 unspecified atom stereocenters. The topological polar surface area (TPSA) is 12.0 Å². The quantitative estimate of drug-likeness (QED) is 0.802. The van der Waals surface area contributed by atoms with Gasteiger partial charge >= 0.3 is 6.18 Å². The Balaban J connectivity index is 1.66. The van der Waals surface area contributed by atoms with Gasteiger partial charge < -0.3 is 5.32 Å². The van der Waals surface area contributed by atoms with Crippen molar-refractivity contribution in [1.82, 2.24) is 5.32 Å². The fourth-order valence-electron chi connectivity index (χ4n) is 2.63. The molecular weight excluding hydrogens is 251 g/mol. The lowest BCUT2D eigenvalue weighted by Gasteiger charge is -2.25. The lowest BCUT2D eigenvalue weighted by molar-refractivity contribution is -0.135. The molecule has 0 heterocycles. The minimum Gasteiger partial charge on any atom is -0.314 e. The van der Waals surface area contributed by atoms with Gasteiger partial charge in [-0.05, 0) is 49.8 Å². The molecule has 0 radical (unpaired) electrons. The van der Waals surface area contributed by atoms with E-state index in [4.69, 9.17) is 0 Å². The van der Waals surface area contributed by atoms with Crippen molar-refractivity contribution in [1.29, 1.82) is 0 Å². The molecule has 19 heavy (non-hydrogen) atoms. The SMILES string of the molecule is FC(F)(F)CCCCNC1CCc2ccccc2C1. The maximum absolute atomic E-state index is 12.0. The van der Waals surface area contributed by atoms with Gasteiger partial charge in [0.25, 0.3) is 0 Å². The first-order valence-electron chi connectivity index (χ1n) is 6.91. The van der Waals surface area contributed by atoms with E-state index in [0.29, 0.717) is 19.0 Å². The van der Waals surface area contributed by atoms with Crippen molar-refractivity contribution in [2.24, 2.45) is 0 Å². The predicted octanol–water partition coefficient (Wildman–Crippen LogP) is 3.87. The third kappa shape index (κ3) is 4.86. The minimum atomic E-state index is -4.01. The summed E-state index contributed by atoms with van der Waals surface area (Å²) in [5.74, 6) is 0. The van der Waals surface area contributed by atoms with E-state index < -0.39 is 12.6 Å². The highest BCUT2D eigenvalue weighted by atomic mass is 19.4. The fourth-order valence-corrected chi connectivity index (χ4v) is 2.63. The Morgan fingerprint density at radius 2 is 1.84 bits per heavy atom. The van der Waals surface area contributed by atoms with Gasteiger partial charge in [0.05, 0.1) is 0 Å². The summed E-state index contributed by atoms with van der Waals surface area (Å²) < 4.78 is 35.9. The van der Waals surface area contributed by atoms with Crippen molar-refractivity contribution in [3.8, 4) is 0 Å². The largest absolute Gasteiger partial charge is 0.389 e. The summed E-state index contributed by atoms with van der Waals surface area (Å²) in [6.07, 6.45) is -0.717. The molecule has 1 nitrogen and oxygen atoms in total. The van der Waals surface area contributed by atoms with Crippen molar-refractivity contribution < 1.29 is 13.2 Å². The number of hydrogen-bond acceptors (Lipinski definition) is 1. The summed E-state index contributed by atoms with van der Waals surface area (Å²) in [4.78, 5) is 0. The first kappa shape index (κ1) is 14.4. The Kier molecular flexibility index (Phi) is 4.86. The number of alkyl halides is 3. The van der Waals surface area contributed by atoms with E-state index in [1.165, 1.54) is 11.1 Å². The first-order valence-corrected chi connectivity index (χ1v) is 6.91. The second-order valence-corrected chi connectivity index (χ2v) is 5.23. The van der Waals surface area contributed by atoms with Gasteiger partial charge in [0, 0.05) is 12.5 Å². The Bertz CT molecular complexity index is 401. The summed E-state index contributed by atoms with van der Waals surface area (Å²) in [7, 11) is 0. The van der Waals surface area contributed by atoms with Crippen molar-refractivity contribution >= 4 is 0 Å². The predicted molar refractivity (Wildman–Crippen MR) is 70.2 cm³/mol. The van der Waals surface area contributed by atoms with Crippen LogP contribution >= 0.6 is 0 Å². The summed E-state index contributed by atoms with van der Waals surface area (Å²) in [6, 6.07) is 8.83. The Hall–Kier alpha value is -1.03. The molecule has 0 amide bonds. The molecule has 0 saturated heterocycles. The van der Waals surface area contributed by atoms with Crippen molar-refractivity contribution in [3.63, 3.8) is 0 Å². The summed E-state index contributed by atoms with van der Waals surface area (Å²) >= 11 is 0. The van der Waals surface area contributed by atoms with Crippen LogP contribution in [0.2, 0.25) is 0 Å². The van der Waals surface area contributed by atoms with Gasteiger partial charge in [-0.2, -0.15) is 13.2 Å². The van der Waals surface area contributed by atoms with Crippen LogP contribution in [-0.2, 0) is 12.8 Å². The van der Waals surface area contributed by atoms with Crippen LogP contribution in [0.1, 0.15) is 36.8 Å². The number of fused-ring (bicyclic) bond motifs is 1. The third-order valence-electron chi connectivity index (χ3n) is 3.67. The molecule has 0 aliphatic heterocycles. The number of unbranched alkanes of at least 4 members (excludes halogenated alkanes) is 1. The Morgan fingerprint density at radius 1 is 1.11 bits per heavy atom. The molecule has 4 heteroatoms. The van der Waals surface area contributed by atoms with Gasteiger partial charge in [-0.1, -0.05) is 24.3 Å². The van der Waals surface area contributed by atoms with Crippen LogP contribution in [0.4, 0.5) is 13.2 Å². The zero-order chi connectivity index (χ0) is 13.7. The number of benzene rings is 1. The lowest BCUT2D eigenvalue weighted by Crippen LogP contribution is -2.35. The molecule has 0 saturated carbocycles. The lowest BCUT2D eigenvalue weighted by atomic mass is 9.88. The van der Waals surface area contributed by atoms with Crippen molar-refractivity contribution in [3.05, 3.63) is 35.4 Å². The number of halogens is 3. The average molecular weight is 271 g/mol. The van der Waals surface area contributed by atoms with E-state index in [0.717, 1.165) is 19.3 Å². The molecule has 106 valence electrons. The Morgan fingerprint density at radius 3 is 2.58 bits per heavy atom. The Labute approximate surface area is 112 Å². The van der Waals surface area contributed by atoms with E-state index in [2.05, 4.69) is 23.5 Å². The highest BCUT2D eigenvalue weighted by Gasteiger charge is 2.25. The first-order chi connectivity index (χ1) is 9.04. The molecule has 0 bridgehead atoms. The standard InChI is InChI=1S/C15H20F3N/c16-15(17,18)9-3-4-10-19-14-8-7-12-5-1-2-6-13(12)11-14/h1-2,5-6,14,19H,3-4,7-11H2. The molecule has 1 aliphatic rings. The third-order valence-corrected chi connectivity index (χ3v) is 3.67. The van der Waals surface area contributed by atoms with Crippen molar-refractivity contribution in [2.45, 2.75) is 50.7 Å². The summed E-state index contributed by atoms with van der Waals surface area (Å²) in [6.45, 7) is 0.683. The van der Waals surface area contributed by atoms with Crippen LogP contribution in [0, 0.1) is 0 Å². The van der Waals surface area contributed by atoms with Gasteiger partial charge in [0.2, 0.25) is 0 Å². The molecule has 0 aromatic heterocycles. The van der Waals surface area contributed by atoms with E-state index >= 15 is 0 Å². The molecule has 2 rings (SSSR count).